The molecule has 97 valence electrons. The van der Waals surface area contributed by atoms with Gasteiger partial charge in [0.05, 0.1) is 0 Å². The van der Waals surface area contributed by atoms with E-state index in [1.807, 2.05) is 0 Å². The summed E-state index contributed by atoms with van der Waals surface area (Å²) in [4.78, 5) is 0. The first kappa shape index (κ1) is 14.1. The maximum atomic E-state index is 3.79. The van der Waals surface area contributed by atoms with Gasteiger partial charge in [-0.05, 0) is 16.8 Å². The average Bonchev–Trinajstić information content (AvgIpc) is 2.85. The highest BCUT2D eigenvalue weighted by molar-refractivity contribution is 4.49. The zero-order chi connectivity index (χ0) is 12.2. The first-order valence-electron chi connectivity index (χ1n) is 7.07. The average molecular weight is 237 g/mol. The van der Waals surface area contributed by atoms with Gasteiger partial charge in [-0.2, -0.15) is 0 Å². The van der Waals surface area contributed by atoms with E-state index in [4.69, 9.17) is 0 Å². The molecule has 0 saturated heterocycles. The second-order valence-electron chi connectivity index (χ2n) is 4.68. The fourth-order valence-corrected chi connectivity index (χ4v) is 2.00. The van der Waals surface area contributed by atoms with Crippen LogP contribution in [0.2, 0.25) is 0 Å². The van der Waals surface area contributed by atoms with E-state index in [-0.39, 0.29) is 0 Å². The minimum Gasteiger partial charge on any atom is -0.223 e. The van der Waals surface area contributed by atoms with Crippen LogP contribution >= 0.6 is 0 Å². The van der Waals surface area contributed by atoms with Gasteiger partial charge in [0, 0.05) is 6.54 Å². The summed E-state index contributed by atoms with van der Waals surface area (Å²) in [6.07, 6.45) is 16.3. The Bertz CT molecular complexity index is 246. The van der Waals surface area contributed by atoms with Crippen LogP contribution < -0.4 is 0 Å². The minimum absolute atomic E-state index is 0.906. The van der Waals surface area contributed by atoms with E-state index in [0.29, 0.717) is 0 Å². The molecule has 0 unspecified atom stereocenters. The van der Waals surface area contributed by atoms with Crippen LogP contribution in [0.5, 0.6) is 0 Å². The van der Waals surface area contributed by atoms with Crippen LogP contribution in [0.1, 0.15) is 71.1 Å². The highest BCUT2D eigenvalue weighted by Crippen LogP contribution is 2.10. The molecular weight excluding hydrogens is 212 g/mol. The lowest BCUT2D eigenvalue weighted by atomic mass is 10.1. The van der Waals surface area contributed by atoms with Gasteiger partial charge in [0.2, 0.25) is 6.33 Å². The summed E-state index contributed by atoms with van der Waals surface area (Å²) in [7, 11) is 0. The van der Waals surface area contributed by atoms with Gasteiger partial charge in [0.15, 0.2) is 0 Å². The van der Waals surface area contributed by atoms with Crippen molar-refractivity contribution in [2.45, 2.75) is 77.7 Å². The van der Waals surface area contributed by atoms with Crippen LogP contribution in [-0.2, 0) is 6.54 Å². The van der Waals surface area contributed by atoms with Crippen molar-refractivity contribution in [3.8, 4) is 0 Å². The molecule has 0 aliphatic rings. The van der Waals surface area contributed by atoms with Crippen molar-refractivity contribution < 1.29 is 0 Å². The van der Waals surface area contributed by atoms with Gasteiger partial charge in [-0.1, -0.05) is 64.7 Å². The van der Waals surface area contributed by atoms with Crippen LogP contribution in [0.4, 0.5) is 0 Å². The maximum absolute atomic E-state index is 3.79. The zero-order valence-corrected chi connectivity index (χ0v) is 11.1. The Morgan fingerprint density at radius 3 is 1.94 bits per heavy atom. The summed E-state index contributed by atoms with van der Waals surface area (Å²) in [5.74, 6) is 0. The molecule has 0 aromatic carbocycles. The Labute approximate surface area is 105 Å². The lowest BCUT2D eigenvalue weighted by Crippen LogP contribution is -1.99. The fraction of sp³-hybridized carbons (Fsp3) is 0.923. The summed E-state index contributed by atoms with van der Waals surface area (Å²) in [6.45, 7) is 3.17. The zero-order valence-electron chi connectivity index (χ0n) is 11.1. The number of rotatable bonds is 11. The number of aromatic nitrogens is 4. The first-order chi connectivity index (χ1) is 8.43. The van der Waals surface area contributed by atoms with Crippen molar-refractivity contribution in [2.75, 3.05) is 0 Å². The second kappa shape index (κ2) is 10.2. The van der Waals surface area contributed by atoms with Crippen LogP contribution in [0.25, 0.3) is 0 Å². The van der Waals surface area contributed by atoms with E-state index in [1.165, 1.54) is 57.8 Å². The number of aryl methyl sites for hydroxylation is 1. The van der Waals surface area contributed by atoms with Crippen molar-refractivity contribution in [1.82, 2.24) is 20.2 Å². The minimum atomic E-state index is 0.906. The lowest BCUT2D eigenvalue weighted by Gasteiger charge is -2.02. The third kappa shape index (κ3) is 7.88. The van der Waals surface area contributed by atoms with Crippen LogP contribution in [0.3, 0.4) is 0 Å². The molecule has 1 heterocycles. The third-order valence-electron chi connectivity index (χ3n) is 3.08. The molecule has 0 bridgehead atoms. The molecule has 0 spiro atoms. The summed E-state index contributed by atoms with van der Waals surface area (Å²) >= 11 is 0. The van der Waals surface area contributed by atoms with E-state index < -0.39 is 0 Å². The molecule has 17 heavy (non-hydrogen) atoms. The Balaban J connectivity index is 1.76. The van der Waals surface area contributed by atoms with Gasteiger partial charge in [-0.15, -0.1) is 5.10 Å². The number of tetrazole rings is 1. The van der Waals surface area contributed by atoms with E-state index in [9.17, 15) is 0 Å². The van der Waals surface area contributed by atoms with Gasteiger partial charge < -0.3 is 0 Å². The number of hydrogen-bond donors (Lipinski definition) is 0. The molecule has 1 radical (unpaired) electrons. The van der Waals surface area contributed by atoms with Crippen LogP contribution in [0.15, 0.2) is 0 Å². The molecule has 1 aromatic rings. The molecule has 0 N–H and O–H groups in total. The largest absolute Gasteiger partial charge is 0.223 e. The molecule has 0 atom stereocenters. The van der Waals surface area contributed by atoms with Crippen molar-refractivity contribution in [3.63, 3.8) is 0 Å². The quantitative estimate of drug-likeness (QED) is 0.554. The van der Waals surface area contributed by atoms with Gasteiger partial charge in [0.25, 0.3) is 0 Å². The summed E-state index contributed by atoms with van der Waals surface area (Å²) in [5.41, 5.74) is 0. The van der Waals surface area contributed by atoms with Gasteiger partial charge in [0.1, 0.15) is 0 Å². The highest BCUT2D eigenvalue weighted by atomic mass is 15.5. The van der Waals surface area contributed by atoms with E-state index in [0.717, 1.165) is 13.0 Å². The predicted molar refractivity (Wildman–Crippen MR) is 68.5 cm³/mol. The molecule has 0 fully saturated rings. The Kier molecular flexibility index (Phi) is 8.51. The fourth-order valence-electron chi connectivity index (χ4n) is 2.00. The topological polar surface area (TPSA) is 43.6 Å². The maximum Gasteiger partial charge on any atom is 0.221 e. The van der Waals surface area contributed by atoms with Gasteiger partial charge in [-0.25, -0.2) is 4.68 Å². The molecule has 0 saturated carbocycles. The van der Waals surface area contributed by atoms with Crippen molar-refractivity contribution >= 4 is 0 Å². The molecule has 1 rings (SSSR count). The normalized spacial score (nSPS) is 10.9. The lowest BCUT2D eigenvalue weighted by molar-refractivity contribution is 0.506. The first-order valence-corrected chi connectivity index (χ1v) is 7.07. The standard InChI is InChI=1S/C13H25N4/c1-2-3-4-5-6-7-8-9-10-11-12-17-13-14-15-16-17/h2-12H2,1H3. The Hall–Kier alpha value is -0.930. The summed E-state index contributed by atoms with van der Waals surface area (Å²) in [5, 5.41) is 10.8. The SMILES string of the molecule is CCCCCCCCCCCCn1[c]nnn1. The summed E-state index contributed by atoms with van der Waals surface area (Å²) < 4.78 is 1.69. The second-order valence-corrected chi connectivity index (χ2v) is 4.68. The van der Waals surface area contributed by atoms with Crippen molar-refractivity contribution in [1.29, 1.82) is 0 Å². The van der Waals surface area contributed by atoms with E-state index in [1.54, 1.807) is 4.68 Å². The van der Waals surface area contributed by atoms with Crippen LogP contribution in [0, 0.1) is 6.33 Å². The molecule has 0 aliphatic heterocycles. The number of unbranched alkanes of at least 4 members (excludes halogenated alkanes) is 9. The molecule has 4 heteroatoms. The van der Waals surface area contributed by atoms with Crippen molar-refractivity contribution in [3.05, 3.63) is 6.33 Å². The molecule has 1 aromatic heterocycles. The van der Waals surface area contributed by atoms with Crippen molar-refractivity contribution in [2.24, 2.45) is 0 Å². The van der Waals surface area contributed by atoms with Gasteiger partial charge in [-0.3, -0.25) is 0 Å². The summed E-state index contributed by atoms with van der Waals surface area (Å²) in [6, 6.07) is 0. The Morgan fingerprint density at radius 2 is 1.41 bits per heavy atom. The smallest absolute Gasteiger partial charge is 0.221 e. The van der Waals surface area contributed by atoms with Gasteiger partial charge >= 0.3 is 0 Å². The number of nitrogens with zero attached hydrogens (tertiary/aromatic N) is 4. The van der Waals surface area contributed by atoms with E-state index in [2.05, 4.69) is 28.8 Å². The third-order valence-corrected chi connectivity index (χ3v) is 3.08. The number of hydrogen-bond acceptors (Lipinski definition) is 3. The predicted octanol–water partition coefficient (Wildman–Crippen LogP) is 3.39. The monoisotopic (exact) mass is 237 g/mol. The highest BCUT2D eigenvalue weighted by Gasteiger charge is 1.95. The molecule has 0 amide bonds. The molecular formula is C13H25N4. The Morgan fingerprint density at radius 1 is 0.824 bits per heavy atom. The molecule has 4 nitrogen and oxygen atoms in total. The van der Waals surface area contributed by atoms with E-state index >= 15 is 0 Å². The van der Waals surface area contributed by atoms with Crippen LogP contribution in [-0.4, -0.2) is 20.2 Å². The molecule has 0 aliphatic carbocycles.